The first-order chi connectivity index (χ1) is 5.85. The van der Waals surface area contributed by atoms with Crippen LogP contribution in [-0.4, -0.2) is 16.4 Å². The van der Waals surface area contributed by atoms with Gasteiger partial charge in [-0.1, -0.05) is 19.1 Å². The summed E-state index contributed by atoms with van der Waals surface area (Å²) < 4.78 is 5.49. The average Bonchev–Trinajstić information content (AvgIpc) is 2.11. The topological polar surface area (TPSA) is 9.23 Å². The normalized spacial score (nSPS) is 11.2. The Morgan fingerprint density at radius 2 is 2.08 bits per heavy atom. The first-order valence-electron chi connectivity index (χ1n) is 4.68. The van der Waals surface area contributed by atoms with Crippen LogP contribution in [-0.2, 0) is 4.43 Å². The van der Waals surface area contributed by atoms with Gasteiger partial charge in [0, 0.05) is 6.61 Å². The van der Waals surface area contributed by atoms with E-state index >= 15 is 0 Å². The van der Waals surface area contributed by atoms with Crippen LogP contribution >= 0.6 is 0 Å². The minimum atomic E-state index is -0.187. The fourth-order valence-corrected chi connectivity index (χ4v) is 1.70. The molecule has 0 aromatic rings. The molecule has 0 heterocycles. The third-order valence-corrected chi connectivity index (χ3v) is 2.77. The molecule has 0 aromatic heterocycles. The van der Waals surface area contributed by atoms with Gasteiger partial charge in [0.05, 0.1) is 0 Å². The van der Waals surface area contributed by atoms with E-state index in [1.54, 1.807) is 0 Å². The summed E-state index contributed by atoms with van der Waals surface area (Å²) in [6.07, 6.45) is 6.16. The zero-order valence-electron chi connectivity index (χ0n) is 8.09. The second kappa shape index (κ2) is 8.75. The predicted octanol–water partition coefficient (Wildman–Crippen LogP) is 2.29. The molecular formula is C10H20OSi. The highest BCUT2D eigenvalue weighted by Crippen LogP contribution is 2.07. The van der Waals surface area contributed by atoms with Gasteiger partial charge in [0.25, 0.3) is 0 Å². The van der Waals surface area contributed by atoms with Crippen LogP contribution in [0.15, 0.2) is 25.3 Å². The van der Waals surface area contributed by atoms with Gasteiger partial charge in [0.2, 0.25) is 0 Å². The largest absolute Gasteiger partial charge is 0.424 e. The highest BCUT2D eigenvalue weighted by molar-refractivity contribution is 6.26. The van der Waals surface area contributed by atoms with Crippen LogP contribution < -0.4 is 0 Å². The number of rotatable bonds is 8. The van der Waals surface area contributed by atoms with Crippen molar-refractivity contribution in [3.05, 3.63) is 25.3 Å². The van der Waals surface area contributed by atoms with Crippen molar-refractivity contribution in [2.45, 2.75) is 25.8 Å². The van der Waals surface area contributed by atoms with Crippen molar-refractivity contribution >= 4 is 9.76 Å². The minimum absolute atomic E-state index is 0.187. The average molecular weight is 184 g/mol. The maximum Gasteiger partial charge on any atom is 0.161 e. The molecule has 0 aromatic carbocycles. The number of allylic oxidation sites excluding steroid dienone is 2. The van der Waals surface area contributed by atoms with E-state index in [2.05, 4.69) is 20.1 Å². The van der Waals surface area contributed by atoms with Crippen molar-refractivity contribution in [1.29, 1.82) is 0 Å². The zero-order chi connectivity index (χ0) is 9.23. The van der Waals surface area contributed by atoms with Gasteiger partial charge in [-0.15, -0.1) is 13.2 Å². The molecule has 0 radical (unpaired) electrons. The fraction of sp³-hybridized carbons (Fsp3) is 0.600. The van der Waals surface area contributed by atoms with E-state index in [0.717, 1.165) is 19.4 Å². The van der Waals surface area contributed by atoms with Crippen molar-refractivity contribution in [2.75, 3.05) is 6.61 Å². The Labute approximate surface area is 78.5 Å². The summed E-state index contributed by atoms with van der Waals surface area (Å²) in [5.41, 5.74) is 0. The van der Waals surface area contributed by atoms with Crippen molar-refractivity contribution in [2.24, 2.45) is 5.92 Å². The van der Waals surface area contributed by atoms with Crippen LogP contribution in [0.5, 0.6) is 0 Å². The Balaban J connectivity index is 3.17. The molecule has 70 valence electrons. The van der Waals surface area contributed by atoms with Gasteiger partial charge in [-0.25, -0.2) is 0 Å². The molecule has 2 heteroatoms. The predicted molar refractivity (Wildman–Crippen MR) is 58.1 cm³/mol. The fourth-order valence-electron chi connectivity index (χ4n) is 0.999. The second-order valence-corrected chi connectivity index (χ2v) is 4.71. The maximum absolute atomic E-state index is 5.49. The Morgan fingerprint density at radius 1 is 1.42 bits per heavy atom. The smallest absolute Gasteiger partial charge is 0.161 e. The van der Waals surface area contributed by atoms with Gasteiger partial charge in [-0.3, -0.25) is 0 Å². The molecule has 0 aliphatic rings. The van der Waals surface area contributed by atoms with Crippen LogP contribution in [0.2, 0.25) is 6.04 Å². The number of hydrogen-bond acceptors (Lipinski definition) is 1. The van der Waals surface area contributed by atoms with Gasteiger partial charge in [0.1, 0.15) is 0 Å². The molecule has 0 amide bonds. The van der Waals surface area contributed by atoms with Crippen molar-refractivity contribution < 1.29 is 4.43 Å². The van der Waals surface area contributed by atoms with E-state index in [9.17, 15) is 0 Å². The van der Waals surface area contributed by atoms with Crippen molar-refractivity contribution in [3.63, 3.8) is 0 Å². The summed E-state index contributed by atoms with van der Waals surface area (Å²) >= 11 is 0. The lowest BCUT2D eigenvalue weighted by atomic mass is 10.0. The maximum atomic E-state index is 5.49. The molecule has 0 N–H and O–H groups in total. The quantitative estimate of drug-likeness (QED) is 0.319. The monoisotopic (exact) mass is 184 g/mol. The molecule has 0 spiro atoms. The third kappa shape index (κ3) is 6.37. The van der Waals surface area contributed by atoms with Gasteiger partial charge in [0.15, 0.2) is 9.76 Å². The molecule has 0 atom stereocenters. The first-order valence-corrected chi connectivity index (χ1v) is 6.25. The SMILES string of the molecule is C=CC(C=C)CCCO[SiH2]CC. The van der Waals surface area contributed by atoms with Crippen LogP contribution in [0.3, 0.4) is 0 Å². The molecule has 0 bridgehead atoms. The van der Waals surface area contributed by atoms with Gasteiger partial charge >= 0.3 is 0 Å². The Kier molecular flexibility index (Phi) is 8.50. The van der Waals surface area contributed by atoms with Gasteiger partial charge < -0.3 is 4.43 Å². The zero-order valence-corrected chi connectivity index (χ0v) is 9.50. The van der Waals surface area contributed by atoms with Crippen molar-refractivity contribution in [1.82, 2.24) is 0 Å². The summed E-state index contributed by atoms with van der Waals surface area (Å²) in [5, 5.41) is 0. The number of hydrogen-bond donors (Lipinski definition) is 0. The molecule has 0 fully saturated rings. The molecule has 0 rings (SSSR count). The van der Waals surface area contributed by atoms with Crippen LogP contribution in [0.4, 0.5) is 0 Å². The lowest BCUT2D eigenvalue weighted by molar-refractivity contribution is 0.319. The molecule has 12 heavy (non-hydrogen) atoms. The lowest BCUT2D eigenvalue weighted by Gasteiger charge is -2.06. The summed E-state index contributed by atoms with van der Waals surface area (Å²) in [7, 11) is -0.187. The first kappa shape index (κ1) is 11.7. The van der Waals surface area contributed by atoms with E-state index in [1.165, 1.54) is 6.04 Å². The van der Waals surface area contributed by atoms with E-state index < -0.39 is 0 Å². The van der Waals surface area contributed by atoms with Crippen molar-refractivity contribution in [3.8, 4) is 0 Å². The molecule has 0 aliphatic heterocycles. The van der Waals surface area contributed by atoms with E-state index in [4.69, 9.17) is 4.43 Å². The van der Waals surface area contributed by atoms with E-state index in [-0.39, 0.29) is 9.76 Å². The Bertz CT molecular complexity index is 115. The molecule has 0 saturated heterocycles. The summed E-state index contributed by atoms with van der Waals surface area (Å²) in [4.78, 5) is 0. The standard InChI is InChI=1S/C10H20OSi/c1-4-10(5-2)8-7-9-11-12-6-3/h4-5,10H,1-2,6-9,12H2,3H3. The Morgan fingerprint density at radius 3 is 2.58 bits per heavy atom. The Hall–Kier alpha value is -0.343. The van der Waals surface area contributed by atoms with E-state index in [1.807, 2.05) is 12.2 Å². The molecule has 0 saturated carbocycles. The van der Waals surface area contributed by atoms with Gasteiger partial charge in [-0.05, 0) is 24.8 Å². The third-order valence-electron chi connectivity index (χ3n) is 1.78. The van der Waals surface area contributed by atoms with Crippen LogP contribution in [0, 0.1) is 5.92 Å². The van der Waals surface area contributed by atoms with Crippen LogP contribution in [0.25, 0.3) is 0 Å². The molecule has 1 nitrogen and oxygen atoms in total. The molecular weight excluding hydrogens is 164 g/mol. The second-order valence-electron chi connectivity index (χ2n) is 2.89. The van der Waals surface area contributed by atoms with Crippen LogP contribution in [0.1, 0.15) is 19.8 Å². The lowest BCUT2D eigenvalue weighted by Crippen LogP contribution is -2.01. The summed E-state index contributed by atoms with van der Waals surface area (Å²) in [5.74, 6) is 0.469. The minimum Gasteiger partial charge on any atom is -0.424 e. The van der Waals surface area contributed by atoms with Gasteiger partial charge in [-0.2, -0.15) is 0 Å². The summed E-state index contributed by atoms with van der Waals surface area (Å²) in [6.45, 7) is 10.6. The summed E-state index contributed by atoms with van der Waals surface area (Å²) in [6, 6.07) is 1.24. The van der Waals surface area contributed by atoms with E-state index in [0.29, 0.717) is 5.92 Å². The molecule has 0 aliphatic carbocycles. The highest BCUT2D eigenvalue weighted by atomic mass is 28.2. The molecule has 0 unspecified atom stereocenters. The highest BCUT2D eigenvalue weighted by Gasteiger charge is 1.97.